The number of hydrogen-bond donors (Lipinski definition) is 1. The van der Waals surface area contributed by atoms with Crippen molar-refractivity contribution in [1.82, 2.24) is 14.9 Å². The molecule has 0 spiro atoms. The SMILES string of the molecule is C=CC(=O)Cc1cc2c(Nc3cccc(Cl)c3F)ncnc2cc1C#C[C@@]1(F)CCN(C)C1. The summed E-state index contributed by atoms with van der Waals surface area (Å²) in [5.41, 5.74) is 0.152. The van der Waals surface area contributed by atoms with Gasteiger partial charge in [-0.25, -0.2) is 18.7 Å². The summed E-state index contributed by atoms with van der Waals surface area (Å²) in [7, 11) is 1.85. The quantitative estimate of drug-likeness (QED) is 0.430. The topological polar surface area (TPSA) is 58.1 Å². The van der Waals surface area contributed by atoms with E-state index >= 15 is 4.39 Å². The van der Waals surface area contributed by atoms with Crippen LogP contribution in [-0.2, 0) is 11.2 Å². The van der Waals surface area contributed by atoms with Gasteiger partial charge in [0.15, 0.2) is 17.3 Å². The third kappa shape index (κ3) is 5.03. The van der Waals surface area contributed by atoms with E-state index in [4.69, 9.17) is 11.6 Å². The highest BCUT2D eigenvalue weighted by Gasteiger charge is 2.34. The van der Waals surface area contributed by atoms with Crippen molar-refractivity contribution in [3.05, 3.63) is 71.3 Å². The monoisotopic (exact) mass is 466 g/mol. The minimum atomic E-state index is -1.61. The van der Waals surface area contributed by atoms with Crippen molar-refractivity contribution >= 4 is 39.8 Å². The number of aromatic nitrogens is 2. The normalized spacial score (nSPS) is 18.1. The van der Waals surface area contributed by atoms with E-state index in [2.05, 4.69) is 33.7 Å². The fourth-order valence-electron chi connectivity index (χ4n) is 3.73. The molecule has 2 heterocycles. The van der Waals surface area contributed by atoms with Crippen molar-refractivity contribution in [2.24, 2.45) is 0 Å². The second kappa shape index (κ2) is 9.26. The van der Waals surface area contributed by atoms with E-state index in [0.717, 1.165) is 0 Å². The van der Waals surface area contributed by atoms with Gasteiger partial charge < -0.3 is 10.2 Å². The van der Waals surface area contributed by atoms with Crippen molar-refractivity contribution in [3.8, 4) is 11.8 Å². The lowest BCUT2D eigenvalue weighted by Gasteiger charge is -2.13. The number of hydrogen-bond acceptors (Lipinski definition) is 5. The average Bonchev–Trinajstić information content (AvgIpc) is 3.14. The molecular formula is C25H21ClF2N4O. The van der Waals surface area contributed by atoms with Crippen molar-refractivity contribution in [2.75, 3.05) is 25.5 Å². The van der Waals surface area contributed by atoms with E-state index < -0.39 is 11.5 Å². The second-order valence-corrected chi connectivity index (χ2v) is 8.43. The van der Waals surface area contributed by atoms with Gasteiger partial charge in [0.05, 0.1) is 16.2 Å². The van der Waals surface area contributed by atoms with Gasteiger partial charge in [-0.3, -0.25) is 4.79 Å². The number of nitrogens with zero attached hydrogens (tertiary/aromatic N) is 3. The number of likely N-dealkylation sites (tertiary alicyclic amines) is 1. The maximum Gasteiger partial charge on any atom is 0.184 e. The Labute approximate surface area is 195 Å². The Balaban J connectivity index is 1.79. The third-order valence-corrected chi connectivity index (χ3v) is 5.78. The maximum absolute atomic E-state index is 15.0. The van der Waals surface area contributed by atoms with Gasteiger partial charge in [-0.15, -0.1) is 0 Å². The third-order valence-electron chi connectivity index (χ3n) is 5.49. The summed E-state index contributed by atoms with van der Waals surface area (Å²) in [5.74, 6) is 5.20. The zero-order valence-corrected chi connectivity index (χ0v) is 18.7. The average molecular weight is 467 g/mol. The van der Waals surface area contributed by atoms with Crippen LogP contribution in [0.3, 0.4) is 0 Å². The molecule has 33 heavy (non-hydrogen) atoms. The van der Waals surface area contributed by atoms with Gasteiger partial charge >= 0.3 is 0 Å². The molecule has 0 aliphatic carbocycles. The summed E-state index contributed by atoms with van der Waals surface area (Å²) >= 11 is 5.88. The van der Waals surface area contributed by atoms with Crippen LogP contribution in [0, 0.1) is 17.7 Å². The molecule has 0 unspecified atom stereocenters. The maximum atomic E-state index is 15.0. The highest BCUT2D eigenvalue weighted by Crippen LogP contribution is 2.30. The van der Waals surface area contributed by atoms with Gasteiger partial charge in [0.25, 0.3) is 0 Å². The Hall–Kier alpha value is -3.34. The summed E-state index contributed by atoms with van der Waals surface area (Å²) < 4.78 is 29.4. The van der Waals surface area contributed by atoms with Gasteiger partial charge in [-0.2, -0.15) is 0 Å². The highest BCUT2D eigenvalue weighted by atomic mass is 35.5. The Morgan fingerprint density at radius 1 is 1.39 bits per heavy atom. The first-order valence-corrected chi connectivity index (χ1v) is 10.7. The number of halogens is 3. The molecule has 1 N–H and O–H groups in total. The fraction of sp³-hybridized carbons (Fsp3) is 0.240. The number of carbonyl (C=O) groups is 1. The molecule has 168 valence electrons. The lowest BCUT2D eigenvalue weighted by atomic mass is 9.98. The fourth-order valence-corrected chi connectivity index (χ4v) is 3.91. The summed E-state index contributed by atoms with van der Waals surface area (Å²) in [6, 6.07) is 8.01. The number of alkyl halides is 1. The summed E-state index contributed by atoms with van der Waals surface area (Å²) in [6.45, 7) is 4.39. The summed E-state index contributed by atoms with van der Waals surface area (Å²) in [5, 5.41) is 3.48. The van der Waals surface area contributed by atoms with E-state index in [0.29, 0.717) is 40.8 Å². The standard InChI is InChI=1S/C25H21ClF2N4O/c1-3-18(33)11-17-12-19-22(13-16(17)7-8-25(28)9-10-32(2)14-25)29-15-30-24(19)31-21-6-4-5-20(26)23(21)27/h3-6,12-13,15H,1,9-11,14H2,2H3,(H,29,30,31)/t25-/m1/s1. The van der Waals surface area contributed by atoms with Crippen LogP contribution in [0.1, 0.15) is 17.5 Å². The van der Waals surface area contributed by atoms with Gasteiger partial charge in [0.2, 0.25) is 0 Å². The zero-order chi connectivity index (χ0) is 23.6. The van der Waals surface area contributed by atoms with Crippen LogP contribution in [0.15, 0.2) is 49.3 Å². The number of benzene rings is 2. The highest BCUT2D eigenvalue weighted by molar-refractivity contribution is 6.31. The van der Waals surface area contributed by atoms with Crippen LogP contribution < -0.4 is 5.32 Å². The first-order chi connectivity index (χ1) is 15.8. The molecule has 0 radical (unpaired) electrons. The zero-order valence-electron chi connectivity index (χ0n) is 18.0. The molecule has 3 aromatic rings. The molecule has 0 amide bonds. The molecule has 0 saturated carbocycles. The Kier molecular flexibility index (Phi) is 6.41. The Morgan fingerprint density at radius 3 is 2.94 bits per heavy atom. The first kappa shape index (κ1) is 22.8. The van der Waals surface area contributed by atoms with E-state index in [9.17, 15) is 9.18 Å². The van der Waals surface area contributed by atoms with Gasteiger partial charge in [0.1, 0.15) is 12.1 Å². The predicted octanol–water partition coefficient (Wildman–Crippen LogP) is 4.86. The summed E-state index contributed by atoms with van der Waals surface area (Å²) in [4.78, 5) is 22.5. The molecule has 5 nitrogen and oxygen atoms in total. The molecule has 1 fully saturated rings. The molecule has 1 atom stereocenters. The van der Waals surface area contributed by atoms with E-state index in [1.165, 1.54) is 24.5 Å². The van der Waals surface area contributed by atoms with Crippen LogP contribution >= 0.6 is 11.6 Å². The molecule has 1 aromatic heterocycles. The molecule has 1 aliphatic rings. The molecule has 0 bridgehead atoms. The number of rotatable bonds is 5. The van der Waals surface area contributed by atoms with Crippen LogP contribution in [0.25, 0.3) is 10.9 Å². The summed E-state index contributed by atoms with van der Waals surface area (Å²) in [6.07, 6.45) is 2.92. The van der Waals surface area contributed by atoms with E-state index in [1.807, 2.05) is 11.9 Å². The van der Waals surface area contributed by atoms with Crippen molar-refractivity contribution in [3.63, 3.8) is 0 Å². The molecule has 1 saturated heterocycles. The van der Waals surface area contributed by atoms with Crippen molar-refractivity contribution < 1.29 is 13.6 Å². The second-order valence-electron chi connectivity index (χ2n) is 8.03. The number of anilines is 2. The van der Waals surface area contributed by atoms with Crippen LogP contribution in [-0.4, -0.2) is 46.5 Å². The molecule has 8 heteroatoms. The van der Waals surface area contributed by atoms with Gasteiger partial charge in [-0.1, -0.05) is 36.1 Å². The number of ketones is 1. The van der Waals surface area contributed by atoms with Gasteiger partial charge in [-0.05, 0) is 43.0 Å². The molecular weight excluding hydrogens is 446 g/mol. The number of fused-ring (bicyclic) bond motifs is 1. The minimum absolute atomic E-state index is 0.0223. The van der Waals surface area contributed by atoms with Crippen LogP contribution in [0.5, 0.6) is 0 Å². The molecule has 1 aliphatic heterocycles. The lowest BCUT2D eigenvalue weighted by Crippen LogP contribution is -2.25. The van der Waals surface area contributed by atoms with E-state index in [-0.39, 0.29) is 29.5 Å². The Morgan fingerprint density at radius 2 is 2.21 bits per heavy atom. The van der Waals surface area contributed by atoms with Crippen LogP contribution in [0.2, 0.25) is 5.02 Å². The minimum Gasteiger partial charge on any atom is -0.337 e. The Bertz CT molecular complexity index is 1320. The largest absolute Gasteiger partial charge is 0.337 e. The molecule has 2 aromatic carbocycles. The number of allylic oxidation sites excluding steroid dienone is 1. The van der Waals surface area contributed by atoms with Crippen molar-refractivity contribution in [2.45, 2.75) is 18.5 Å². The van der Waals surface area contributed by atoms with E-state index in [1.54, 1.807) is 18.2 Å². The first-order valence-electron chi connectivity index (χ1n) is 10.3. The van der Waals surface area contributed by atoms with Crippen molar-refractivity contribution in [1.29, 1.82) is 0 Å². The van der Waals surface area contributed by atoms with Gasteiger partial charge in [0, 0.05) is 36.9 Å². The predicted molar refractivity (Wildman–Crippen MR) is 126 cm³/mol. The lowest BCUT2D eigenvalue weighted by molar-refractivity contribution is -0.114. The smallest absolute Gasteiger partial charge is 0.184 e. The number of nitrogens with one attached hydrogen (secondary N) is 1. The number of carbonyl (C=O) groups excluding carboxylic acids is 1. The molecule has 4 rings (SSSR count). The van der Waals surface area contributed by atoms with Crippen LogP contribution in [0.4, 0.5) is 20.3 Å².